The fraction of sp³-hybridized carbons (Fsp3) is 0.0952. The molecule has 0 saturated heterocycles. The first-order valence-corrected chi connectivity index (χ1v) is 9.44. The molecule has 0 spiro atoms. The van der Waals surface area contributed by atoms with Crippen LogP contribution in [0.1, 0.15) is 16.8 Å². The fourth-order valence-corrected chi connectivity index (χ4v) is 2.77. The smallest absolute Gasteiger partial charge is 0.416 e. The standard InChI is InChI=1S/C21H11ClF6N4O2/c22-17-4-2-13(8-18(17)34-16-3-1-14(9-29)30-10-16)31-19(33)32-15-6-11(20(23,24)25)5-12(7-15)21(26,27)28/h1-8,10H,(H2,31,32,33). The summed E-state index contributed by atoms with van der Waals surface area (Å²) in [5, 5.41) is 13.1. The Morgan fingerprint density at radius 2 is 1.53 bits per heavy atom. The third kappa shape index (κ3) is 6.29. The van der Waals surface area contributed by atoms with E-state index in [0.717, 1.165) is 0 Å². The van der Waals surface area contributed by atoms with Gasteiger partial charge in [0, 0.05) is 17.4 Å². The highest BCUT2D eigenvalue weighted by molar-refractivity contribution is 6.32. The molecule has 0 aliphatic heterocycles. The summed E-state index contributed by atoms with van der Waals surface area (Å²) in [6.07, 6.45) is -8.86. The van der Waals surface area contributed by atoms with Gasteiger partial charge in [0.15, 0.2) is 0 Å². The molecule has 2 aromatic carbocycles. The molecule has 0 bridgehead atoms. The summed E-state index contributed by atoms with van der Waals surface area (Å²) in [7, 11) is 0. The lowest BCUT2D eigenvalue weighted by Gasteiger charge is -2.15. The van der Waals surface area contributed by atoms with Gasteiger partial charge in [-0.2, -0.15) is 31.6 Å². The van der Waals surface area contributed by atoms with Crippen LogP contribution >= 0.6 is 11.6 Å². The second-order valence-electron chi connectivity index (χ2n) is 6.61. The van der Waals surface area contributed by atoms with Crippen molar-refractivity contribution in [3.05, 3.63) is 76.6 Å². The second kappa shape index (κ2) is 9.48. The highest BCUT2D eigenvalue weighted by Crippen LogP contribution is 2.38. The van der Waals surface area contributed by atoms with E-state index in [9.17, 15) is 31.1 Å². The molecule has 0 aliphatic carbocycles. The van der Waals surface area contributed by atoms with Crippen molar-refractivity contribution in [3.8, 4) is 17.6 Å². The van der Waals surface area contributed by atoms with Crippen molar-refractivity contribution < 1.29 is 35.9 Å². The maximum Gasteiger partial charge on any atom is 0.416 e. The van der Waals surface area contributed by atoms with Crippen molar-refractivity contribution >= 4 is 29.0 Å². The van der Waals surface area contributed by atoms with Crippen LogP contribution < -0.4 is 15.4 Å². The zero-order valence-corrected chi connectivity index (χ0v) is 17.3. The van der Waals surface area contributed by atoms with E-state index < -0.39 is 35.2 Å². The quantitative estimate of drug-likeness (QED) is 0.375. The van der Waals surface area contributed by atoms with Gasteiger partial charge in [-0.3, -0.25) is 0 Å². The number of hydrogen-bond donors (Lipinski definition) is 2. The molecule has 0 fully saturated rings. The third-order valence-corrected chi connectivity index (χ3v) is 4.43. The molecule has 0 saturated carbocycles. The minimum Gasteiger partial charge on any atom is -0.454 e. The van der Waals surface area contributed by atoms with Crippen molar-refractivity contribution in [3.63, 3.8) is 0 Å². The largest absolute Gasteiger partial charge is 0.454 e. The van der Waals surface area contributed by atoms with Crippen LogP contribution in [0, 0.1) is 11.3 Å². The number of hydrogen-bond acceptors (Lipinski definition) is 4. The van der Waals surface area contributed by atoms with Crippen molar-refractivity contribution in [1.29, 1.82) is 5.26 Å². The summed E-state index contributed by atoms with van der Waals surface area (Å²) >= 11 is 6.05. The number of halogens is 7. The molecule has 0 atom stereocenters. The molecule has 34 heavy (non-hydrogen) atoms. The maximum absolute atomic E-state index is 13.0. The highest BCUT2D eigenvalue weighted by atomic mass is 35.5. The molecule has 0 unspecified atom stereocenters. The van der Waals surface area contributed by atoms with E-state index >= 15 is 0 Å². The lowest BCUT2D eigenvalue weighted by atomic mass is 10.1. The number of rotatable bonds is 4. The van der Waals surface area contributed by atoms with Crippen molar-refractivity contribution in [2.24, 2.45) is 0 Å². The van der Waals surface area contributed by atoms with Crippen LogP contribution in [-0.4, -0.2) is 11.0 Å². The molecule has 6 nitrogen and oxygen atoms in total. The predicted molar refractivity (Wildman–Crippen MR) is 110 cm³/mol. The van der Waals surface area contributed by atoms with Gasteiger partial charge in [-0.1, -0.05) is 11.6 Å². The average molecular weight is 501 g/mol. The number of alkyl halides is 6. The van der Waals surface area contributed by atoms with Gasteiger partial charge in [0.1, 0.15) is 23.3 Å². The fourth-order valence-electron chi connectivity index (χ4n) is 2.61. The van der Waals surface area contributed by atoms with E-state index in [-0.39, 0.29) is 34.0 Å². The van der Waals surface area contributed by atoms with Gasteiger partial charge in [-0.25, -0.2) is 9.78 Å². The monoisotopic (exact) mass is 500 g/mol. The summed E-state index contributed by atoms with van der Waals surface area (Å²) < 4.78 is 83.4. The van der Waals surface area contributed by atoms with E-state index in [1.54, 1.807) is 0 Å². The van der Waals surface area contributed by atoms with Crippen molar-refractivity contribution in [2.45, 2.75) is 12.4 Å². The SMILES string of the molecule is N#Cc1ccc(Oc2cc(NC(=O)Nc3cc(C(F)(F)F)cc(C(F)(F)F)c3)ccc2Cl)cn1. The number of nitrogens with zero attached hydrogens (tertiary/aromatic N) is 2. The van der Waals surface area contributed by atoms with Gasteiger partial charge in [0.2, 0.25) is 0 Å². The first-order chi connectivity index (χ1) is 15.8. The molecule has 0 radical (unpaired) electrons. The number of carbonyl (C=O) groups excluding carboxylic acids is 1. The topological polar surface area (TPSA) is 87.0 Å². The van der Waals surface area contributed by atoms with Gasteiger partial charge in [-0.15, -0.1) is 0 Å². The van der Waals surface area contributed by atoms with Gasteiger partial charge in [0.25, 0.3) is 0 Å². The summed E-state index contributed by atoms with van der Waals surface area (Å²) in [4.78, 5) is 16.0. The number of ether oxygens (including phenoxy) is 1. The number of urea groups is 1. The van der Waals surface area contributed by atoms with Crippen LogP contribution in [-0.2, 0) is 12.4 Å². The van der Waals surface area contributed by atoms with Crippen LogP contribution in [0.15, 0.2) is 54.7 Å². The maximum atomic E-state index is 13.0. The number of pyridine rings is 1. The number of amides is 2. The Hall–Kier alpha value is -3.98. The number of carbonyl (C=O) groups is 1. The lowest BCUT2D eigenvalue weighted by Crippen LogP contribution is -2.20. The number of nitriles is 1. The highest BCUT2D eigenvalue weighted by Gasteiger charge is 2.37. The second-order valence-corrected chi connectivity index (χ2v) is 7.02. The molecule has 2 amide bonds. The van der Waals surface area contributed by atoms with Gasteiger partial charge in [-0.05, 0) is 42.5 Å². The average Bonchev–Trinajstić information content (AvgIpc) is 2.75. The van der Waals surface area contributed by atoms with Crippen LogP contribution in [0.2, 0.25) is 5.02 Å². The van der Waals surface area contributed by atoms with Crippen LogP contribution in [0.25, 0.3) is 0 Å². The van der Waals surface area contributed by atoms with Crippen LogP contribution in [0.5, 0.6) is 11.5 Å². The van der Waals surface area contributed by atoms with Crippen LogP contribution in [0.4, 0.5) is 42.5 Å². The molecular formula is C21H11ClF6N4O2. The van der Waals surface area contributed by atoms with Gasteiger partial charge in [0.05, 0.1) is 22.3 Å². The number of anilines is 2. The van der Waals surface area contributed by atoms with E-state index in [0.29, 0.717) is 12.1 Å². The molecule has 1 heterocycles. The van der Waals surface area contributed by atoms with Crippen molar-refractivity contribution in [1.82, 2.24) is 4.98 Å². The number of nitrogens with one attached hydrogen (secondary N) is 2. The molecule has 3 rings (SSSR count). The molecule has 13 heteroatoms. The summed E-state index contributed by atoms with van der Waals surface area (Å²) in [5.41, 5.74) is -3.64. The molecule has 3 aromatic rings. The molecule has 176 valence electrons. The van der Waals surface area contributed by atoms with E-state index in [1.807, 2.05) is 11.4 Å². The molecular weight excluding hydrogens is 490 g/mol. The van der Waals surface area contributed by atoms with E-state index in [1.165, 1.54) is 36.5 Å². The minimum atomic E-state index is -5.06. The van der Waals surface area contributed by atoms with E-state index in [2.05, 4.69) is 10.3 Å². The first kappa shape index (κ1) is 24.7. The van der Waals surface area contributed by atoms with Crippen molar-refractivity contribution in [2.75, 3.05) is 10.6 Å². The summed E-state index contributed by atoms with van der Waals surface area (Å²) in [5.74, 6) is 0.274. The Morgan fingerprint density at radius 1 is 0.912 bits per heavy atom. The molecule has 0 aliphatic rings. The lowest BCUT2D eigenvalue weighted by molar-refractivity contribution is -0.143. The van der Waals surface area contributed by atoms with Crippen LogP contribution in [0.3, 0.4) is 0 Å². The van der Waals surface area contributed by atoms with E-state index in [4.69, 9.17) is 21.6 Å². The molecule has 1 aromatic heterocycles. The zero-order valence-electron chi connectivity index (χ0n) is 16.6. The Labute approximate surface area is 192 Å². The number of aromatic nitrogens is 1. The molecule has 2 N–H and O–H groups in total. The summed E-state index contributed by atoms with van der Waals surface area (Å²) in [6, 6.07) is 8.21. The van der Waals surface area contributed by atoms with Gasteiger partial charge < -0.3 is 15.4 Å². The number of benzene rings is 2. The van der Waals surface area contributed by atoms with Gasteiger partial charge >= 0.3 is 18.4 Å². The minimum absolute atomic E-state index is 0.0517. The third-order valence-electron chi connectivity index (χ3n) is 4.11. The summed E-state index contributed by atoms with van der Waals surface area (Å²) in [6.45, 7) is 0. The Morgan fingerprint density at radius 3 is 2.06 bits per heavy atom. The Balaban J connectivity index is 1.78. The zero-order chi connectivity index (χ0) is 25.1. The first-order valence-electron chi connectivity index (χ1n) is 9.06. The normalized spacial score (nSPS) is 11.5. The predicted octanol–water partition coefficient (Wildman–Crippen LogP) is 7.08. The Kier molecular flexibility index (Phi) is 6.88. The Bertz CT molecular complexity index is 1220.